The molecule has 0 radical (unpaired) electrons. The zero-order valence-corrected chi connectivity index (χ0v) is 12.4. The highest BCUT2D eigenvalue weighted by Crippen LogP contribution is 2.30. The van der Waals surface area contributed by atoms with Gasteiger partial charge >= 0.3 is 5.97 Å². The normalized spacial score (nSPS) is 13.7. The molecule has 1 rings (SSSR count). The van der Waals surface area contributed by atoms with Gasteiger partial charge in [0.1, 0.15) is 6.29 Å². The van der Waals surface area contributed by atoms with E-state index in [1.54, 1.807) is 6.92 Å². The lowest BCUT2D eigenvalue weighted by molar-refractivity contribution is -0.143. The second-order valence-electron chi connectivity index (χ2n) is 5.50. The fourth-order valence-corrected chi connectivity index (χ4v) is 2.33. The van der Waals surface area contributed by atoms with Crippen LogP contribution in [0.15, 0.2) is 24.3 Å². The SMILES string of the molecule is CCCCc1ccc(C(C)(CCCC=O)C(=O)O)cc1. The highest BCUT2D eigenvalue weighted by molar-refractivity contribution is 5.80. The molecule has 0 bridgehead atoms. The van der Waals surface area contributed by atoms with Gasteiger partial charge in [0.15, 0.2) is 0 Å². The molecule has 0 saturated carbocycles. The summed E-state index contributed by atoms with van der Waals surface area (Å²) in [6, 6.07) is 7.87. The Bertz CT molecular complexity index is 436. The van der Waals surface area contributed by atoms with E-state index in [1.807, 2.05) is 24.3 Å². The average Bonchev–Trinajstić information content (AvgIpc) is 2.45. The van der Waals surface area contributed by atoms with E-state index in [-0.39, 0.29) is 0 Å². The van der Waals surface area contributed by atoms with E-state index >= 15 is 0 Å². The number of aryl methyl sites for hydroxylation is 1. The summed E-state index contributed by atoms with van der Waals surface area (Å²) in [5.41, 5.74) is 1.15. The van der Waals surface area contributed by atoms with E-state index in [9.17, 15) is 14.7 Å². The Hall–Kier alpha value is -1.64. The van der Waals surface area contributed by atoms with Crippen LogP contribution in [-0.4, -0.2) is 17.4 Å². The number of unbranched alkanes of at least 4 members (excludes halogenated alkanes) is 2. The Kier molecular flexibility index (Phi) is 6.43. The molecule has 0 aliphatic heterocycles. The summed E-state index contributed by atoms with van der Waals surface area (Å²) >= 11 is 0. The van der Waals surface area contributed by atoms with E-state index in [0.29, 0.717) is 19.3 Å². The van der Waals surface area contributed by atoms with Gasteiger partial charge in [-0.25, -0.2) is 0 Å². The fourth-order valence-electron chi connectivity index (χ4n) is 2.33. The van der Waals surface area contributed by atoms with Crippen LogP contribution in [0.2, 0.25) is 0 Å². The van der Waals surface area contributed by atoms with E-state index in [0.717, 1.165) is 31.1 Å². The van der Waals surface area contributed by atoms with Gasteiger partial charge in [-0.05, 0) is 43.7 Å². The maximum Gasteiger partial charge on any atom is 0.313 e. The molecule has 1 aromatic rings. The number of benzene rings is 1. The van der Waals surface area contributed by atoms with E-state index < -0.39 is 11.4 Å². The largest absolute Gasteiger partial charge is 0.481 e. The summed E-state index contributed by atoms with van der Waals surface area (Å²) < 4.78 is 0. The molecule has 3 nitrogen and oxygen atoms in total. The van der Waals surface area contributed by atoms with Crippen molar-refractivity contribution in [1.82, 2.24) is 0 Å². The van der Waals surface area contributed by atoms with Gasteiger partial charge in [0.05, 0.1) is 5.41 Å². The van der Waals surface area contributed by atoms with Crippen molar-refractivity contribution >= 4 is 12.3 Å². The molecule has 0 aliphatic rings. The zero-order chi connectivity index (χ0) is 15.0. The first-order valence-corrected chi connectivity index (χ1v) is 7.31. The molecule has 0 spiro atoms. The number of carbonyl (C=O) groups is 2. The molecule has 0 heterocycles. The minimum atomic E-state index is -0.910. The molecule has 0 aliphatic carbocycles. The topological polar surface area (TPSA) is 54.4 Å². The highest BCUT2D eigenvalue weighted by atomic mass is 16.4. The van der Waals surface area contributed by atoms with Gasteiger partial charge in [0.2, 0.25) is 0 Å². The van der Waals surface area contributed by atoms with Gasteiger partial charge in [0, 0.05) is 6.42 Å². The first kappa shape index (κ1) is 16.4. The van der Waals surface area contributed by atoms with Crippen molar-refractivity contribution in [3.05, 3.63) is 35.4 Å². The Labute approximate surface area is 121 Å². The third kappa shape index (κ3) is 4.19. The summed E-state index contributed by atoms with van der Waals surface area (Å²) in [6.45, 7) is 3.89. The molecule has 110 valence electrons. The number of aliphatic carboxylic acids is 1. The third-order valence-corrected chi connectivity index (χ3v) is 3.88. The van der Waals surface area contributed by atoms with Crippen molar-refractivity contribution in [1.29, 1.82) is 0 Å². The highest BCUT2D eigenvalue weighted by Gasteiger charge is 2.34. The second kappa shape index (κ2) is 7.83. The molecule has 0 aromatic heterocycles. The van der Waals surface area contributed by atoms with Crippen molar-refractivity contribution in [2.24, 2.45) is 0 Å². The summed E-state index contributed by atoms with van der Waals surface area (Å²) in [5, 5.41) is 9.51. The van der Waals surface area contributed by atoms with Crippen LogP contribution in [0.3, 0.4) is 0 Å². The van der Waals surface area contributed by atoms with Crippen LogP contribution >= 0.6 is 0 Å². The number of rotatable bonds is 9. The minimum absolute atomic E-state index is 0.414. The minimum Gasteiger partial charge on any atom is -0.481 e. The smallest absolute Gasteiger partial charge is 0.313 e. The van der Waals surface area contributed by atoms with Crippen LogP contribution in [0.5, 0.6) is 0 Å². The van der Waals surface area contributed by atoms with Gasteiger partial charge < -0.3 is 9.90 Å². The van der Waals surface area contributed by atoms with Crippen molar-refractivity contribution in [3.63, 3.8) is 0 Å². The maximum absolute atomic E-state index is 11.6. The Morgan fingerprint density at radius 2 is 1.90 bits per heavy atom. The molecule has 1 aromatic carbocycles. The Morgan fingerprint density at radius 1 is 1.25 bits per heavy atom. The van der Waals surface area contributed by atoms with Crippen LogP contribution in [0.4, 0.5) is 0 Å². The van der Waals surface area contributed by atoms with Crippen LogP contribution < -0.4 is 0 Å². The number of carboxylic acid groups (broad SMARTS) is 1. The van der Waals surface area contributed by atoms with E-state index in [2.05, 4.69) is 6.92 Å². The lowest BCUT2D eigenvalue weighted by Crippen LogP contribution is -2.32. The van der Waals surface area contributed by atoms with Gasteiger partial charge in [-0.1, -0.05) is 37.6 Å². The van der Waals surface area contributed by atoms with Crippen LogP contribution in [0.1, 0.15) is 57.1 Å². The molecule has 0 saturated heterocycles. The number of hydrogen-bond donors (Lipinski definition) is 1. The van der Waals surface area contributed by atoms with Crippen LogP contribution in [-0.2, 0) is 21.4 Å². The molecule has 1 atom stereocenters. The number of aldehydes is 1. The average molecular weight is 276 g/mol. The molecule has 0 fully saturated rings. The van der Waals surface area contributed by atoms with Gasteiger partial charge in [-0.3, -0.25) is 4.79 Å². The molecular formula is C17H24O3. The summed E-state index contributed by atoms with van der Waals surface area (Å²) in [6.07, 6.45) is 5.67. The fraction of sp³-hybridized carbons (Fsp3) is 0.529. The summed E-state index contributed by atoms with van der Waals surface area (Å²) in [7, 11) is 0. The van der Waals surface area contributed by atoms with E-state index in [4.69, 9.17) is 0 Å². The number of carbonyl (C=O) groups excluding carboxylic acids is 1. The predicted octanol–water partition coefficient (Wildman–Crippen LogP) is 3.74. The standard InChI is InChI=1S/C17H24O3/c1-3-4-7-14-8-10-15(11-9-14)17(2,16(19)20)12-5-6-13-18/h8-11,13H,3-7,12H2,1-2H3,(H,19,20). The lowest BCUT2D eigenvalue weighted by atomic mass is 9.78. The molecule has 3 heteroatoms. The monoisotopic (exact) mass is 276 g/mol. The Balaban J connectivity index is 2.85. The first-order valence-electron chi connectivity index (χ1n) is 7.31. The lowest BCUT2D eigenvalue weighted by Gasteiger charge is -2.25. The number of carboxylic acids is 1. The molecule has 0 amide bonds. The third-order valence-electron chi connectivity index (χ3n) is 3.88. The van der Waals surface area contributed by atoms with Crippen LogP contribution in [0.25, 0.3) is 0 Å². The van der Waals surface area contributed by atoms with Crippen molar-refractivity contribution in [2.75, 3.05) is 0 Å². The molecule has 1 unspecified atom stereocenters. The molecular weight excluding hydrogens is 252 g/mol. The van der Waals surface area contributed by atoms with E-state index in [1.165, 1.54) is 5.56 Å². The van der Waals surface area contributed by atoms with Gasteiger partial charge in [-0.2, -0.15) is 0 Å². The Morgan fingerprint density at radius 3 is 2.40 bits per heavy atom. The van der Waals surface area contributed by atoms with Crippen molar-refractivity contribution < 1.29 is 14.7 Å². The van der Waals surface area contributed by atoms with Crippen LogP contribution in [0, 0.1) is 0 Å². The maximum atomic E-state index is 11.6. The first-order chi connectivity index (χ1) is 9.54. The molecule has 1 N–H and O–H groups in total. The van der Waals surface area contributed by atoms with Gasteiger partial charge in [-0.15, -0.1) is 0 Å². The zero-order valence-electron chi connectivity index (χ0n) is 12.4. The predicted molar refractivity (Wildman–Crippen MR) is 80.0 cm³/mol. The van der Waals surface area contributed by atoms with Gasteiger partial charge in [0.25, 0.3) is 0 Å². The molecule has 20 heavy (non-hydrogen) atoms. The summed E-state index contributed by atoms with van der Waals surface area (Å²) in [4.78, 5) is 22.0. The van der Waals surface area contributed by atoms with Crippen molar-refractivity contribution in [2.45, 2.75) is 57.8 Å². The van der Waals surface area contributed by atoms with Crippen molar-refractivity contribution in [3.8, 4) is 0 Å². The summed E-state index contributed by atoms with van der Waals surface area (Å²) in [5.74, 6) is -0.829. The second-order valence-corrected chi connectivity index (χ2v) is 5.50. The number of hydrogen-bond acceptors (Lipinski definition) is 2. The quantitative estimate of drug-likeness (QED) is 0.552.